The molecule has 1 aliphatic rings. The first kappa shape index (κ1) is 43.2. The van der Waals surface area contributed by atoms with Crippen LogP contribution >= 0.6 is 11.3 Å². The Morgan fingerprint density at radius 3 is 2.40 bits per heavy atom. The second-order valence-electron chi connectivity index (χ2n) is 14.8. The lowest BCUT2D eigenvalue weighted by molar-refractivity contribution is -0.149. The molecule has 0 bridgehead atoms. The third-order valence-corrected chi connectivity index (χ3v) is 11.2. The molecule has 2 aromatic rings. The molecule has 294 valence electrons. The van der Waals surface area contributed by atoms with Gasteiger partial charge in [-0.05, 0) is 68.8 Å². The van der Waals surface area contributed by atoms with E-state index in [1.807, 2.05) is 39.6 Å². The van der Waals surface area contributed by atoms with Crippen LogP contribution in [0.4, 0.5) is 5.69 Å². The minimum Gasteiger partial charge on any atom is -0.506 e. The number of aromatic hydroxyl groups is 1. The number of carbonyl (C=O) groups is 5. The summed E-state index contributed by atoms with van der Waals surface area (Å²) in [5.74, 6) is -3.53. The number of phenols is 1. The molecule has 1 saturated heterocycles. The van der Waals surface area contributed by atoms with E-state index < -0.39 is 48.0 Å². The number of rotatable bonds is 18. The molecule has 2 heterocycles. The average molecular weight is 759 g/mol. The summed E-state index contributed by atoms with van der Waals surface area (Å²) in [6.07, 6.45) is 3.10. The van der Waals surface area contributed by atoms with Gasteiger partial charge in [0, 0.05) is 37.9 Å². The third kappa shape index (κ3) is 12.1. The van der Waals surface area contributed by atoms with Crippen LogP contribution in [0.1, 0.15) is 107 Å². The number of nitrogens with two attached hydrogens (primary N) is 1. The van der Waals surface area contributed by atoms with Gasteiger partial charge in [0.05, 0.1) is 17.6 Å². The van der Waals surface area contributed by atoms with Crippen LogP contribution in [-0.4, -0.2) is 99.5 Å². The molecule has 15 heteroatoms. The molecule has 3 unspecified atom stereocenters. The summed E-state index contributed by atoms with van der Waals surface area (Å²) in [7, 11) is 3.63. The van der Waals surface area contributed by atoms with Gasteiger partial charge in [-0.3, -0.25) is 28.9 Å². The second kappa shape index (κ2) is 19.7. The fourth-order valence-corrected chi connectivity index (χ4v) is 7.59. The second-order valence-corrected chi connectivity index (χ2v) is 15.7. The molecule has 1 aromatic carbocycles. The molecular weight excluding hydrogens is 701 g/mol. The van der Waals surface area contributed by atoms with Crippen molar-refractivity contribution in [2.24, 2.45) is 17.8 Å². The lowest BCUT2D eigenvalue weighted by Crippen LogP contribution is -2.58. The number of nitrogens with zero attached hydrogens (tertiary/aromatic N) is 3. The predicted molar refractivity (Wildman–Crippen MR) is 203 cm³/mol. The van der Waals surface area contributed by atoms with Crippen molar-refractivity contribution in [2.75, 3.05) is 26.4 Å². The van der Waals surface area contributed by atoms with Crippen molar-refractivity contribution in [3.05, 3.63) is 39.8 Å². The first-order valence-electron chi connectivity index (χ1n) is 18.4. The van der Waals surface area contributed by atoms with Gasteiger partial charge in [0.25, 0.3) is 5.91 Å². The maximum absolute atomic E-state index is 14.2. The maximum atomic E-state index is 14.2. The number of likely N-dealkylation sites (N-methyl/N-ethyl adjacent to an activating group) is 2. The van der Waals surface area contributed by atoms with Gasteiger partial charge in [-0.25, -0.2) is 4.98 Å². The predicted octanol–water partition coefficient (Wildman–Crippen LogP) is 4.38. The molecule has 1 aliphatic heterocycles. The number of aromatic nitrogens is 1. The highest BCUT2D eigenvalue weighted by Gasteiger charge is 2.37. The number of nitrogen functional groups attached to an aromatic ring is 1. The van der Waals surface area contributed by atoms with E-state index in [0.29, 0.717) is 17.0 Å². The molecule has 1 fully saturated rings. The Morgan fingerprint density at radius 2 is 1.81 bits per heavy atom. The number of likely N-dealkylation sites (tertiary alicyclic amines) is 1. The molecule has 3 rings (SSSR count). The van der Waals surface area contributed by atoms with Crippen molar-refractivity contribution in [3.8, 4) is 5.75 Å². The molecular formula is C38H58N6O8S. The molecule has 7 atom stereocenters. The average Bonchev–Trinajstić information content (AvgIpc) is 3.60. The van der Waals surface area contributed by atoms with E-state index in [9.17, 15) is 34.2 Å². The zero-order chi connectivity index (χ0) is 39.6. The normalized spacial score (nSPS) is 18.2. The van der Waals surface area contributed by atoms with Crippen molar-refractivity contribution in [3.63, 3.8) is 0 Å². The quantitative estimate of drug-likeness (QED) is 0.0820. The molecule has 53 heavy (non-hydrogen) atoms. The van der Waals surface area contributed by atoms with Crippen LogP contribution in [0.3, 0.4) is 0 Å². The van der Waals surface area contributed by atoms with E-state index in [1.54, 1.807) is 36.4 Å². The number of carboxylic acid groups (broad SMARTS) is 1. The van der Waals surface area contributed by atoms with E-state index in [1.165, 1.54) is 13.0 Å². The number of carbonyl (C=O) groups excluding carboxylic acids is 4. The zero-order valence-corrected chi connectivity index (χ0v) is 33.1. The Labute approximate surface area is 316 Å². The summed E-state index contributed by atoms with van der Waals surface area (Å²) in [6, 6.07) is 2.61. The number of hydrogen-bond acceptors (Lipinski definition) is 11. The molecule has 0 radical (unpaired) electrons. The van der Waals surface area contributed by atoms with E-state index in [4.69, 9.17) is 10.5 Å². The number of esters is 1. The lowest BCUT2D eigenvalue weighted by Gasteiger charge is -2.38. The van der Waals surface area contributed by atoms with Gasteiger partial charge in [0.1, 0.15) is 22.5 Å². The summed E-state index contributed by atoms with van der Waals surface area (Å²) < 4.78 is 5.75. The minimum atomic E-state index is -1.01. The number of benzene rings is 1. The molecule has 0 aliphatic carbocycles. The van der Waals surface area contributed by atoms with E-state index in [2.05, 4.69) is 15.6 Å². The van der Waals surface area contributed by atoms with Crippen LogP contribution in [0.5, 0.6) is 5.75 Å². The van der Waals surface area contributed by atoms with Crippen LogP contribution in [0.15, 0.2) is 23.6 Å². The number of piperidine rings is 1. The van der Waals surface area contributed by atoms with E-state index >= 15 is 0 Å². The zero-order valence-electron chi connectivity index (χ0n) is 32.3. The van der Waals surface area contributed by atoms with Crippen LogP contribution in [0.25, 0.3) is 0 Å². The highest BCUT2D eigenvalue weighted by Crippen LogP contribution is 2.31. The summed E-state index contributed by atoms with van der Waals surface area (Å²) in [5.41, 5.74) is 6.80. The number of phenolic OH excluding ortho intramolecular Hbond substituents is 1. The fraction of sp³-hybridized carbons (Fsp3) is 0.632. The Kier molecular flexibility index (Phi) is 16.1. The lowest BCUT2D eigenvalue weighted by atomic mass is 9.92. The van der Waals surface area contributed by atoms with E-state index in [-0.39, 0.29) is 66.1 Å². The fourth-order valence-electron chi connectivity index (χ4n) is 6.75. The number of nitrogens with one attached hydrogen (secondary N) is 2. The number of carboxylic acids is 1. The smallest absolute Gasteiger partial charge is 0.306 e. The molecule has 14 nitrogen and oxygen atoms in total. The SMILES string of the molecule is CC[C@H](C)[C@H](NC(=O)C1CCCCN1C)C(=O)N(C)[C@H](C[C@@H](OC(C)=O)c1nc(C(=O)NC(Cc2ccc(O)c(N)c2)CC(C)C(=O)O)cs1)C(C)C. The summed E-state index contributed by atoms with van der Waals surface area (Å²) in [5, 5.41) is 27.3. The maximum Gasteiger partial charge on any atom is 0.306 e. The Hall–Kier alpha value is -4.24. The minimum absolute atomic E-state index is 0.0677. The van der Waals surface area contributed by atoms with Crippen molar-refractivity contribution in [1.82, 2.24) is 25.4 Å². The standard InChI is InChI=1S/C38H58N6O8S/c1-9-22(4)33(42-35(48)29-12-10-11-15-43(29)7)37(49)44(8)30(21(2)3)19-32(52-24(6)45)36-41-28(20-53-36)34(47)40-26(16-23(5)38(50)51)17-25-13-14-31(46)27(39)18-25/h13-14,18,20-23,26,29-30,32-33,46H,9-12,15-17,19,39H2,1-8H3,(H,40,47)(H,42,48)(H,50,51)/t22-,23?,26?,29?,30+,32+,33-/m0/s1. The van der Waals surface area contributed by atoms with Gasteiger partial charge in [0.2, 0.25) is 11.8 Å². The van der Waals surface area contributed by atoms with Crippen molar-refractivity contribution < 1.29 is 38.9 Å². The van der Waals surface area contributed by atoms with E-state index in [0.717, 1.165) is 37.1 Å². The van der Waals surface area contributed by atoms with Gasteiger partial charge in [-0.2, -0.15) is 0 Å². The van der Waals surface area contributed by atoms with Crippen LogP contribution in [0, 0.1) is 17.8 Å². The first-order valence-corrected chi connectivity index (χ1v) is 19.3. The van der Waals surface area contributed by atoms with Gasteiger partial charge in [-0.1, -0.05) is 53.5 Å². The molecule has 3 amide bonds. The number of amides is 3. The number of thiazole rings is 1. The topological polar surface area (TPSA) is 204 Å². The number of anilines is 1. The summed E-state index contributed by atoms with van der Waals surface area (Å²) >= 11 is 1.14. The third-order valence-electron chi connectivity index (χ3n) is 10.2. The van der Waals surface area contributed by atoms with Crippen LogP contribution < -0.4 is 16.4 Å². The van der Waals surface area contributed by atoms with Crippen LogP contribution in [-0.2, 0) is 30.3 Å². The summed E-state index contributed by atoms with van der Waals surface area (Å²) in [6.45, 7) is 11.5. The molecule has 0 saturated carbocycles. The number of ether oxygens (including phenoxy) is 1. The van der Waals surface area contributed by atoms with Crippen molar-refractivity contribution in [2.45, 2.75) is 117 Å². The Bertz CT molecular complexity index is 1580. The highest BCUT2D eigenvalue weighted by molar-refractivity contribution is 7.09. The molecule has 0 spiro atoms. The Balaban J connectivity index is 1.82. The van der Waals surface area contributed by atoms with Gasteiger partial charge in [-0.15, -0.1) is 11.3 Å². The number of aliphatic carboxylic acids is 1. The van der Waals surface area contributed by atoms with Crippen molar-refractivity contribution >= 4 is 46.7 Å². The molecule has 1 aromatic heterocycles. The van der Waals surface area contributed by atoms with Crippen LogP contribution in [0.2, 0.25) is 0 Å². The van der Waals surface area contributed by atoms with Gasteiger partial charge >= 0.3 is 11.9 Å². The van der Waals surface area contributed by atoms with Gasteiger partial charge in [0.15, 0.2) is 6.10 Å². The Morgan fingerprint density at radius 1 is 1.11 bits per heavy atom. The monoisotopic (exact) mass is 758 g/mol. The first-order chi connectivity index (χ1) is 24.9. The molecule has 6 N–H and O–H groups in total. The highest BCUT2D eigenvalue weighted by atomic mass is 32.1. The number of hydrogen-bond donors (Lipinski definition) is 5. The largest absolute Gasteiger partial charge is 0.506 e. The summed E-state index contributed by atoms with van der Waals surface area (Å²) in [4.78, 5) is 73.4. The van der Waals surface area contributed by atoms with Gasteiger partial charge < -0.3 is 36.2 Å². The van der Waals surface area contributed by atoms with Crippen molar-refractivity contribution in [1.29, 1.82) is 0 Å².